The van der Waals surface area contributed by atoms with E-state index in [1.165, 1.54) is 25.7 Å². The van der Waals surface area contributed by atoms with Crippen LogP contribution in [0, 0.1) is 0 Å². The van der Waals surface area contributed by atoms with Crippen LogP contribution >= 0.6 is 0 Å². The predicted octanol–water partition coefficient (Wildman–Crippen LogP) is 5.06. The SMILES string of the molecule is Cn1c2ccccc2c2c(C(=O)NC3CCCCC3)cn(C3CCCCC3)c(=O)c21. The molecule has 30 heavy (non-hydrogen) atoms. The van der Waals surface area contributed by atoms with Gasteiger partial charge in [-0.3, -0.25) is 9.59 Å². The van der Waals surface area contributed by atoms with Crippen molar-refractivity contribution in [2.24, 2.45) is 7.05 Å². The molecular weight excluding hydrogens is 374 g/mol. The molecule has 0 spiro atoms. The molecular formula is C25H31N3O2. The Hall–Kier alpha value is -2.56. The van der Waals surface area contributed by atoms with Crippen LogP contribution in [0.2, 0.25) is 0 Å². The van der Waals surface area contributed by atoms with Crippen LogP contribution in [-0.4, -0.2) is 21.1 Å². The number of benzene rings is 1. The van der Waals surface area contributed by atoms with Crippen LogP contribution in [0.3, 0.4) is 0 Å². The zero-order valence-corrected chi connectivity index (χ0v) is 17.8. The molecule has 0 unspecified atom stereocenters. The number of carbonyl (C=O) groups excluding carboxylic acids is 1. The molecule has 1 aromatic carbocycles. The molecule has 5 rings (SSSR count). The van der Waals surface area contributed by atoms with Crippen molar-refractivity contribution in [1.29, 1.82) is 0 Å². The maximum atomic E-state index is 13.6. The van der Waals surface area contributed by atoms with E-state index >= 15 is 0 Å². The van der Waals surface area contributed by atoms with E-state index in [0.717, 1.165) is 54.8 Å². The topological polar surface area (TPSA) is 56.0 Å². The summed E-state index contributed by atoms with van der Waals surface area (Å²) >= 11 is 0. The molecule has 0 bridgehead atoms. The monoisotopic (exact) mass is 405 g/mol. The van der Waals surface area contributed by atoms with Crippen LogP contribution in [0.4, 0.5) is 0 Å². The number of nitrogens with one attached hydrogen (secondary N) is 1. The standard InChI is InChI=1S/C25H31N3O2/c1-27-21-15-9-8-14-19(21)22-20(24(29)26-17-10-4-2-5-11-17)16-28(25(30)23(22)27)18-12-6-3-7-13-18/h8-9,14-18H,2-7,10-13H2,1H3,(H,26,29). The van der Waals surface area contributed by atoms with Gasteiger partial charge in [-0.1, -0.05) is 56.7 Å². The number of fused-ring (bicyclic) bond motifs is 3. The molecule has 2 aromatic heterocycles. The number of carbonyl (C=O) groups is 1. The van der Waals surface area contributed by atoms with E-state index in [-0.39, 0.29) is 23.6 Å². The normalized spacial score (nSPS) is 18.8. The number of amides is 1. The van der Waals surface area contributed by atoms with Crippen molar-refractivity contribution in [1.82, 2.24) is 14.5 Å². The van der Waals surface area contributed by atoms with E-state index in [9.17, 15) is 9.59 Å². The van der Waals surface area contributed by atoms with Crippen LogP contribution in [0.1, 0.15) is 80.6 Å². The number of aryl methyl sites for hydroxylation is 1. The molecule has 1 amide bonds. The van der Waals surface area contributed by atoms with E-state index in [2.05, 4.69) is 5.32 Å². The van der Waals surface area contributed by atoms with Crippen molar-refractivity contribution < 1.29 is 4.79 Å². The minimum Gasteiger partial charge on any atom is -0.349 e. The van der Waals surface area contributed by atoms with Crippen LogP contribution < -0.4 is 10.9 Å². The van der Waals surface area contributed by atoms with Crippen molar-refractivity contribution in [3.05, 3.63) is 46.4 Å². The molecule has 3 aromatic rings. The largest absolute Gasteiger partial charge is 0.349 e. The summed E-state index contributed by atoms with van der Waals surface area (Å²) in [6.07, 6.45) is 13.1. The summed E-state index contributed by atoms with van der Waals surface area (Å²) in [5.74, 6) is -0.0344. The smallest absolute Gasteiger partial charge is 0.275 e. The first-order valence-electron chi connectivity index (χ1n) is 11.6. The number of hydrogen-bond donors (Lipinski definition) is 1. The first kappa shape index (κ1) is 19.4. The van der Waals surface area contributed by atoms with Gasteiger partial charge in [0.15, 0.2) is 0 Å². The summed E-state index contributed by atoms with van der Waals surface area (Å²) in [6.45, 7) is 0. The molecule has 5 heteroatoms. The van der Waals surface area contributed by atoms with Crippen molar-refractivity contribution in [3.63, 3.8) is 0 Å². The van der Waals surface area contributed by atoms with Crippen LogP contribution in [0.15, 0.2) is 35.3 Å². The van der Waals surface area contributed by atoms with Crippen molar-refractivity contribution >= 4 is 27.7 Å². The number of nitrogens with zero attached hydrogens (tertiary/aromatic N) is 2. The molecule has 1 N–H and O–H groups in total. The van der Waals surface area contributed by atoms with Crippen molar-refractivity contribution in [3.8, 4) is 0 Å². The van der Waals surface area contributed by atoms with Gasteiger partial charge in [0, 0.05) is 41.6 Å². The van der Waals surface area contributed by atoms with Gasteiger partial charge in [-0.2, -0.15) is 0 Å². The Morgan fingerprint density at radius 1 is 0.967 bits per heavy atom. The summed E-state index contributed by atoms with van der Waals surface area (Å²) in [5, 5.41) is 5.07. The Labute approximate surface area is 177 Å². The number of pyridine rings is 1. The minimum absolute atomic E-state index is 0.0322. The van der Waals surface area contributed by atoms with Gasteiger partial charge in [-0.05, 0) is 31.7 Å². The quantitative estimate of drug-likeness (QED) is 0.662. The number of hydrogen-bond acceptors (Lipinski definition) is 2. The van der Waals surface area contributed by atoms with Gasteiger partial charge < -0.3 is 14.5 Å². The highest BCUT2D eigenvalue weighted by Gasteiger charge is 2.26. The second-order valence-corrected chi connectivity index (χ2v) is 9.16. The summed E-state index contributed by atoms with van der Waals surface area (Å²) < 4.78 is 3.85. The zero-order chi connectivity index (χ0) is 20.7. The van der Waals surface area contributed by atoms with Crippen LogP contribution in [-0.2, 0) is 7.05 Å². The highest BCUT2D eigenvalue weighted by atomic mass is 16.2. The molecule has 0 aliphatic heterocycles. The van der Waals surface area contributed by atoms with Gasteiger partial charge in [0.05, 0.1) is 5.56 Å². The molecule has 2 aliphatic rings. The second-order valence-electron chi connectivity index (χ2n) is 9.16. The molecule has 2 aliphatic carbocycles. The minimum atomic E-state index is -0.0344. The molecule has 2 heterocycles. The van der Waals surface area contributed by atoms with Gasteiger partial charge in [-0.15, -0.1) is 0 Å². The Balaban J connectivity index is 1.70. The van der Waals surface area contributed by atoms with E-state index in [4.69, 9.17) is 0 Å². The molecule has 0 atom stereocenters. The van der Waals surface area contributed by atoms with Crippen LogP contribution in [0.25, 0.3) is 21.8 Å². The lowest BCUT2D eigenvalue weighted by Crippen LogP contribution is -2.37. The van der Waals surface area contributed by atoms with Gasteiger partial charge in [0.2, 0.25) is 0 Å². The first-order valence-corrected chi connectivity index (χ1v) is 11.6. The Morgan fingerprint density at radius 3 is 2.37 bits per heavy atom. The maximum absolute atomic E-state index is 13.6. The number of rotatable bonds is 3. The third-order valence-electron chi connectivity index (χ3n) is 7.23. The highest BCUT2D eigenvalue weighted by molar-refractivity contribution is 6.17. The van der Waals surface area contributed by atoms with Crippen molar-refractivity contribution in [2.75, 3.05) is 0 Å². The number of aromatic nitrogens is 2. The maximum Gasteiger partial charge on any atom is 0.275 e. The highest BCUT2D eigenvalue weighted by Crippen LogP contribution is 2.32. The summed E-state index contributed by atoms with van der Waals surface area (Å²) in [5.41, 5.74) is 2.33. The zero-order valence-electron chi connectivity index (χ0n) is 17.8. The fourth-order valence-corrected chi connectivity index (χ4v) is 5.61. The third kappa shape index (κ3) is 3.24. The Morgan fingerprint density at radius 2 is 1.63 bits per heavy atom. The van der Waals surface area contributed by atoms with Gasteiger partial charge in [0.25, 0.3) is 11.5 Å². The molecule has 5 nitrogen and oxygen atoms in total. The van der Waals surface area contributed by atoms with Gasteiger partial charge in [0.1, 0.15) is 5.52 Å². The van der Waals surface area contributed by atoms with Crippen molar-refractivity contribution in [2.45, 2.75) is 76.3 Å². The van der Waals surface area contributed by atoms with Crippen LogP contribution in [0.5, 0.6) is 0 Å². The van der Waals surface area contributed by atoms with E-state index in [0.29, 0.717) is 11.1 Å². The van der Waals surface area contributed by atoms with Gasteiger partial charge in [-0.25, -0.2) is 0 Å². The first-order chi connectivity index (χ1) is 14.6. The summed E-state index contributed by atoms with van der Waals surface area (Å²) in [7, 11) is 1.94. The lowest BCUT2D eigenvalue weighted by Gasteiger charge is -2.26. The fraction of sp³-hybridized carbons (Fsp3) is 0.520. The summed E-state index contributed by atoms with van der Waals surface area (Å²) in [6, 6.07) is 8.46. The molecule has 158 valence electrons. The van der Waals surface area contributed by atoms with E-state index < -0.39 is 0 Å². The van der Waals surface area contributed by atoms with Gasteiger partial charge >= 0.3 is 0 Å². The third-order valence-corrected chi connectivity index (χ3v) is 7.23. The number of para-hydroxylation sites is 1. The predicted molar refractivity (Wildman–Crippen MR) is 121 cm³/mol. The molecule has 0 radical (unpaired) electrons. The molecule has 2 saturated carbocycles. The summed E-state index contributed by atoms with van der Waals surface area (Å²) in [4.78, 5) is 27.1. The average Bonchev–Trinajstić information content (AvgIpc) is 3.09. The second kappa shape index (κ2) is 7.93. The molecule has 0 saturated heterocycles. The lowest BCUT2D eigenvalue weighted by molar-refractivity contribution is 0.0928. The lowest BCUT2D eigenvalue weighted by atomic mass is 9.94. The Kier molecular flexibility index (Phi) is 5.13. The Bertz CT molecular complexity index is 1140. The van der Waals surface area contributed by atoms with E-state index in [1.54, 1.807) is 0 Å². The molecule has 2 fully saturated rings. The average molecular weight is 406 g/mol. The van der Waals surface area contributed by atoms with E-state index in [1.807, 2.05) is 46.6 Å². The fourth-order valence-electron chi connectivity index (χ4n) is 5.61.